The number of aliphatic hydroxyl groups is 1. The third-order valence-electron chi connectivity index (χ3n) is 7.70. The van der Waals surface area contributed by atoms with Crippen LogP contribution in [0.1, 0.15) is 59.8 Å². The molecular weight excluding hydrogens is 454 g/mol. The topological polar surface area (TPSA) is 82.5 Å². The molecule has 0 spiro atoms. The average Bonchev–Trinajstić information content (AvgIpc) is 3.43. The predicted octanol–water partition coefficient (Wildman–Crippen LogP) is 4.79. The fourth-order valence-corrected chi connectivity index (χ4v) is 7.86. The minimum Gasteiger partial charge on any atom is -0.392 e. The molecule has 2 amide bonds. The van der Waals surface area contributed by atoms with Gasteiger partial charge in [-0.2, -0.15) is 0 Å². The number of aromatic nitrogens is 1. The summed E-state index contributed by atoms with van der Waals surface area (Å²) in [5.41, 5.74) is 0.922. The second kappa shape index (κ2) is 9.31. The molecule has 0 saturated heterocycles. The summed E-state index contributed by atoms with van der Waals surface area (Å²) in [6, 6.07) is 3.66. The van der Waals surface area contributed by atoms with Gasteiger partial charge in [0, 0.05) is 30.3 Å². The second-order valence-corrected chi connectivity index (χ2v) is 11.9. The lowest BCUT2D eigenvalue weighted by atomic mass is 9.53. The van der Waals surface area contributed by atoms with E-state index in [0.717, 1.165) is 25.0 Å². The number of aliphatic hydroxyl groups excluding tert-OH is 1. The Labute approximate surface area is 203 Å². The number of hydrogen-bond acceptors (Lipinski definition) is 6. The van der Waals surface area contributed by atoms with E-state index in [1.54, 1.807) is 35.4 Å². The molecule has 4 rings (SSSR count). The lowest BCUT2D eigenvalue weighted by Crippen LogP contribution is -2.53. The summed E-state index contributed by atoms with van der Waals surface area (Å²) >= 11 is 2.96. The molecule has 0 aromatic carbocycles. The van der Waals surface area contributed by atoms with Crippen LogP contribution in [-0.4, -0.2) is 46.5 Å². The molecule has 6 atom stereocenters. The van der Waals surface area contributed by atoms with Gasteiger partial charge in [0.15, 0.2) is 5.13 Å². The number of thiazole rings is 1. The average molecular weight is 488 g/mol. The zero-order chi connectivity index (χ0) is 23.9. The Bertz CT molecular complexity index is 1030. The number of carbonyl (C=O) groups is 2. The number of rotatable bonds is 6. The van der Waals surface area contributed by atoms with Crippen molar-refractivity contribution in [1.29, 1.82) is 0 Å². The van der Waals surface area contributed by atoms with Gasteiger partial charge in [-0.3, -0.25) is 14.9 Å². The van der Waals surface area contributed by atoms with Crippen molar-refractivity contribution in [3.8, 4) is 0 Å². The van der Waals surface area contributed by atoms with Crippen LogP contribution in [0.2, 0.25) is 0 Å². The van der Waals surface area contributed by atoms with Crippen molar-refractivity contribution in [3.63, 3.8) is 0 Å². The molecule has 178 valence electrons. The number of fused-ring (bicyclic) bond motifs is 2. The van der Waals surface area contributed by atoms with Crippen molar-refractivity contribution >= 4 is 39.6 Å². The number of nitrogens with one attached hydrogen (secondary N) is 1. The number of amides is 2. The minimum absolute atomic E-state index is 0.0201. The fraction of sp³-hybridized carbons (Fsp3) is 0.560. The smallest absolute Gasteiger partial charge is 0.267 e. The van der Waals surface area contributed by atoms with E-state index >= 15 is 0 Å². The molecule has 2 heterocycles. The van der Waals surface area contributed by atoms with Crippen LogP contribution in [0.4, 0.5) is 5.13 Å². The number of carbonyl (C=O) groups excluding carboxylic acids is 2. The van der Waals surface area contributed by atoms with Gasteiger partial charge in [0.25, 0.3) is 5.91 Å². The minimum atomic E-state index is -0.575. The molecule has 2 aromatic heterocycles. The fourth-order valence-electron chi connectivity index (χ4n) is 5.98. The maximum atomic E-state index is 12.9. The highest BCUT2D eigenvalue weighted by molar-refractivity contribution is 7.16. The molecule has 1 fully saturated rings. The lowest BCUT2D eigenvalue weighted by Gasteiger charge is -2.53. The monoisotopic (exact) mass is 487 g/mol. The molecule has 33 heavy (non-hydrogen) atoms. The number of thiophene rings is 1. The first-order valence-corrected chi connectivity index (χ1v) is 13.2. The van der Waals surface area contributed by atoms with Gasteiger partial charge in [0.05, 0.1) is 16.7 Å². The van der Waals surface area contributed by atoms with Crippen LogP contribution in [0.25, 0.3) is 0 Å². The molecule has 0 bridgehead atoms. The van der Waals surface area contributed by atoms with Gasteiger partial charge in [0.2, 0.25) is 5.91 Å². The van der Waals surface area contributed by atoms with Crippen molar-refractivity contribution in [2.45, 2.75) is 52.1 Å². The van der Waals surface area contributed by atoms with E-state index in [2.05, 4.69) is 25.7 Å². The van der Waals surface area contributed by atoms with Gasteiger partial charge in [-0.15, -0.1) is 29.3 Å². The van der Waals surface area contributed by atoms with Crippen molar-refractivity contribution in [2.24, 2.45) is 23.2 Å². The Balaban J connectivity index is 1.55. The zero-order valence-corrected chi connectivity index (χ0v) is 21.3. The highest BCUT2D eigenvalue weighted by Crippen LogP contribution is 2.57. The summed E-state index contributed by atoms with van der Waals surface area (Å²) in [5.74, 6) is -0.342. The van der Waals surface area contributed by atoms with Gasteiger partial charge in [-0.05, 0) is 48.0 Å². The van der Waals surface area contributed by atoms with Crippen LogP contribution < -0.4 is 5.32 Å². The first-order chi connectivity index (χ1) is 15.7. The zero-order valence-electron chi connectivity index (χ0n) is 19.7. The summed E-state index contributed by atoms with van der Waals surface area (Å²) in [5, 5.41) is 17.0. The molecule has 2 aliphatic carbocycles. The second-order valence-electron chi connectivity index (χ2n) is 9.89. The van der Waals surface area contributed by atoms with Gasteiger partial charge in [0.1, 0.15) is 0 Å². The molecule has 0 aliphatic heterocycles. The molecule has 0 radical (unpaired) electrons. The third-order valence-corrected chi connectivity index (χ3v) is 9.55. The van der Waals surface area contributed by atoms with Crippen LogP contribution in [0.3, 0.4) is 0 Å². The standard InChI is InChI=1S/C25H33N3O3S2/c1-6-11-28(5)23(31)14(2)16-9-10-25(4)13-18-20(15(3)19(25)21(16)29)26-24(33-18)27-22(30)17-8-7-12-32-17/h6-8,12,14-16,19,21,29H,1,9-11,13H2,2-5H3,(H,26,27,30)/t14-,15-,16+,19+,21-,25+/m0/s1. The molecule has 1 saturated carbocycles. The maximum absolute atomic E-state index is 12.9. The first kappa shape index (κ1) is 24.1. The Morgan fingerprint density at radius 1 is 1.48 bits per heavy atom. The van der Waals surface area contributed by atoms with Crippen LogP contribution in [0.5, 0.6) is 0 Å². The molecule has 2 N–H and O–H groups in total. The van der Waals surface area contributed by atoms with E-state index in [1.165, 1.54) is 16.2 Å². The Morgan fingerprint density at radius 2 is 2.24 bits per heavy atom. The van der Waals surface area contributed by atoms with Crippen LogP contribution >= 0.6 is 22.7 Å². The summed E-state index contributed by atoms with van der Waals surface area (Å²) < 4.78 is 0. The van der Waals surface area contributed by atoms with Crippen molar-refractivity contribution in [1.82, 2.24) is 9.88 Å². The largest absolute Gasteiger partial charge is 0.392 e. The molecule has 6 nitrogen and oxygen atoms in total. The van der Waals surface area contributed by atoms with Crippen molar-refractivity contribution in [3.05, 3.63) is 45.6 Å². The quantitative estimate of drug-likeness (QED) is 0.574. The van der Waals surface area contributed by atoms with E-state index in [4.69, 9.17) is 4.98 Å². The highest BCUT2D eigenvalue weighted by atomic mass is 32.1. The summed E-state index contributed by atoms with van der Waals surface area (Å²) in [4.78, 5) is 33.8. The van der Waals surface area contributed by atoms with Gasteiger partial charge in [-0.25, -0.2) is 4.98 Å². The van der Waals surface area contributed by atoms with Crippen molar-refractivity contribution in [2.75, 3.05) is 18.9 Å². The predicted molar refractivity (Wildman–Crippen MR) is 134 cm³/mol. The molecule has 8 heteroatoms. The Hall–Kier alpha value is -2.03. The van der Waals surface area contributed by atoms with Gasteiger partial charge in [-0.1, -0.05) is 32.9 Å². The molecule has 2 aromatic rings. The number of anilines is 1. The Kier molecular flexibility index (Phi) is 6.80. The number of hydrogen-bond donors (Lipinski definition) is 2. The van der Waals surface area contributed by atoms with Gasteiger partial charge >= 0.3 is 0 Å². The van der Waals surface area contributed by atoms with E-state index < -0.39 is 6.10 Å². The summed E-state index contributed by atoms with van der Waals surface area (Å²) in [6.45, 7) is 10.6. The van der Waals surface area contributed by atoms with Crippen molar-refractivity contribution < 1.29 is 14.7 Å². The van der Waals surface area contributed by atoms with E-state index in [-0.39, 0.29) is 40.9 Å². The summed E-state index contributed by atoms with van der Waals surface area (Å²) in [7, 11) is 1.79. The first-order valence-electron chi connectivity index (χ1n) is 11.5. The normalized spacial score (nSPS) is 29.5. The van der Waals surface area contributed by atoms with E-state index in [1.807, 2.05) is 18.4 Å². The van der Waals surface area contributed by atoms with Crippen LogP contribution in [0.15, 0.2) is 30.2 Å². The Morgan fingerprint density at radius 3 is 2.91 bits per heavy atom. The highest BCUT2D eigenvalue weighted by Gasteiger charge is 2.54. The maximum Gasteiger partial charge on any atom is 0.267 e. The van der Waals surface area contributed by atoms with Gasteiger partial charge < -0.3 is 10.0 Å². The SMILES string of the molecule is C=CCN(C)C(=O)[C@@H](C)[C@H]1CC[C@]2(C)Cc3sc(NC(=O)c4cccs4)nc3[C@@H](C)[C@@H]2[C@H]1O. The summed E-state index contributed by atoms with van der Waals surface area (Å²) in [6.07, 6.45) is 3.77. The molecular formula is C25H33N3O3S2. The third kappa shape index (κ3) is 4.40. The number of likely N-dealkylation sites (N-methyl/N-ethyl adjacent to an activating group) is 1. The number of nitrogens with zero attached hydrogens (tertiary/aromatic N) is 2. The van der Waals surface area contributed by atoms with Crippen LogP contribution in [0, 0.1) is 23.2 Å². The van der Waals surface area contributed by atoms with Crippen LogP contribution in [-0.2, 0) is 11.2 Å². The van der Waals surface area contributed by atoms with E-state index in [0.29, 0.717) is 16.6 Å². The lowest BCUT2D eigenvalue weighted by molar-refractivity contribution is -0.143. The molecule has 0 unspecified atom stereocenters. The van der Waals surface area contributed by atoms with E-state index in [9.17, 15) is 14.7 Å². The molecule has 2 aliphatic rings.